The molecule has 0 saturated carbocycles. The van der Waals surface area contributed by atoms with E-state index in [4.69, 9.17) is 6.58 Å². The van der Waals surface area contributed by atoms with Crippen LogP contribution in [0, 0.1) is 0 Å². The first kappa shape index (κ1) is 17.0. The van der Waals surface area contributed by atoms with Gasteiger partial charge in [-0.25, -0.2) is 0 Å². The lowest BCUT2D eigenvalue weighted by Gasteiger charge is -2.35. The molecule has 2 fully saturated rings. The minimum absolute atomic E-state index is 0.125. The zero-order valence-electron chi connectivity index (χ0n) is 14.1. The Bertz CT molecular complexity index is 271. The number of hydrogen-bond acceptors (Lipinski definition) is 0. The lowest BCUT2D eigenvalue weighted by molar-refractivity contribution is 0.696. The van der Waals surface area contributed by atoms with Crippen LogP contribution in [-0.2, 0) is 0 Å². The smallest absolute Gasteiger partial charge is 0.0169 e. The minimum Gasteiger partial charge on any atom is -0.0908 e. The Kier molecular flexibility index (Phi) is 6.56. The molecule has 0 radical (unpaired) electrons. The summed E-state index contributed by atoms with van der Waals surface area (Å²) in [6, 6.07) is 0. The third kappa shape index (κ3) is 3.17. The molecule has 2 saturated heterocycles. The molecule has 20 heavy (non-hydrogen) atoms. The van der Waals surface area contributed by atoms with Gasteiger partial charge in [-0.3, -0.25) is 0 Å². The van der Waals surface area contributed by atoms with Crippen molar-refractivity contribution >= 4 is 15.8 Å². The van der Waals surface area contributed by atoms with Crippen LogP contribution in [0.1, 0.15) is 79.1 Å². The van der Waals surface area contributed by atoms with Crippen LogP contribution in [0.5, 0.6) is 0 Å². The summed E-state index contributed by atoms with van der Waals surface area (Å²) in [7, 11) is 0.251. The highest BCUT2D eigenvalue weighted by Gasteiger charge is 2.43. The van der Waals surface area contributed by atoms with Crippen molar-refractivity contribution in [3.05, 3.63) is 11.6 Å². The van der Waals surface area contributed by atoms with E-state index in [0.29, 0.717) is 0 Å². The van der Waals surface area contributed by atoms with E-state index in [0.717, 1.165) is 22.6 Å². The van der Waals surface area contributed by atoms with Crippen LogP contribution < -0.4 is 0 Å². The molecule has 0 spiro atoms. The topological polar surface area (TPSA) is 0 Å². The molecule has 0 aliphatic carbocycles. The van der Waals surface area contributed by atoms with Crippen LogP contribution in [0.4, 0.5) is 0 Å². The summed E-state index contributed by atoms with van der Waals surface area (Å²) in [6.07, 6.45) is 11.6. The highest BCUT2D eigenvalue weighted by atomic mass is 31.2. The first-order valence-electron chi connectivity index (χ1n) is 8.93. The van der Waals surface area contributed by atoms with Crippen LogP contribution in [0.3, 0.4) is 0 Å². The molecule has 0 aromatic rings. The summed E-state index contributed by atoms with van der Waals surface area (Å²) in [6.45, 7) is 14.4. The van der Waals surface area contributed by atoms with Gasteiger partial charge in [0.05, 0.1) is 0 Å². The van der Waals surface area contributed by atoms with Crippen LogP contribution in [0.2, 0.25) is 0 Å². The van der Waals surface area contributed by atoms with E-state index in [-0.39, 0.29) is 15.8 Å². The predicted octanol–water partition coefficient (Wildman–Crippen LogP) is 7.12. The van der Waals surface area contributed by atoms with Crippen LogP contribution in [0.25, 0.3) is 0 Å². The monoisotopic (exact) mass is 312 g/mol. The highest BCUT2D eigenvalue weighted by Crippen LogP contribution is 2.76. The zero-order chi connectivity index (χ0) is 14.7. The Labute approximate surface area is 129 Å². The maximum atomic E-state index is 4.77. The third-order valence-corrected chi connectivity index (χ3v) is 13.9. The molecule has 0 bridgehead atoms. The normalized spacial score (nSPS) is 35.8. The summed E-state index contributed by atoms with van der Waals surface area (Å²) >= 11 is 0. The average Bonchev–Trinajstić information content (AvgIpc) is 3.08. The fourth-order valence-electron chi connectivity index (χ4n) is 4.50. The van der Waals surface area contributed by atoms with Crippen molar-refractivity contribution in [2.45, 2.75) is 102 Å². The van der Waals surface area contributed by atoms with Crippen LogP contribution in [-0.4, -0.2) is 22.6 Å². The first-order valence-corrected chi connectivity index (χ1v) is 11.9. The van der Waals surface area contributed by atoms with Gasteiger partial charge in [-0.05, 0) is 79.1 Å². The SMILES string of the molecule is C=C(P1[C@H](CC)CC[C@H]1CC)P1[C@H](CC)CC[C@H]1CC. The molecule has 0 unspecified atom stereocenters. The Balaban J connectivity index is 2.18. The van der Waals surface area contributed by atoms with E-state index in [1.165, 1.54) is 51.4 Å². The van der Waals surface area contributed by atoms with Gasteiger partial charge in [0.2, 0.25) is 0 Å². The quantitative estimate of drug-likeness (QED) is 0.458. The maximum absolute atomic E-state index is 4.77. The zero-order valence-corrected chi connectivity index (χ0v) is 15.9. The van der Waals surface area contributed by atoms with Crippen molar-refractivity contribution in [3.8, 4) is 0 Å². The van der Waals surface area contributed by atoms with Crippen molar-refractivity contribution in [1.29, 1.82) is 0 Å². The van der Waals surface area contributed by atoms with Gasteiger partial charge >= 0.3 is 0 Å². The Morgan fingerprint density at radius 3 is 1.15 bits per heavy atom. The largest absolute Gasteiger partial charge is 0.0908 e. The first-order chi connectivity index (χ1) is 9.67. The lowest BCUT2D eigenvalue weighted by Crippen LogP contribution is -2.09. The molecule has 4 atom stereocenters. The average molecular weight is 312 g/mol. The van der Waals surface area contributed by atoms with E-state index in [1.807, 2.05) is 5.06 Å². The molecular formula is C18H34P2. The van der Waals surface area contributed by atoms with Gasteiger partial charge in [-0.1, -0.05) is 50.1 Å². The predicted molar refractivity (Wildman–Crippen MR) is 97.8 cm³/mol. The van der Waals surface area contributed by atoms with Crippen molar-refractivity contribution in [2.75, 3.05) is 0 Å². The molecule has 2 aliphatic heterocycles. The highest BCUT2D eigenvalue weighted by molar-refractivity contribution is 7.83. The fraction of sp³-hybridized carbons (Fsp3) is 0.889. The summed E-state index contributed by atoms with van der Waals surface area (Å²) < 4.78 is 0. The van der Waals surface area contributed by atoms with Crippen LogP contribution in [0.15, 0.2) is 11.6 Å². The summed E-state index contributed by atoms with van der Waals surface area (Å²) in [4.78, 5) is 0. The minimum atomic E-state index is 0.125. The van der Waals surface area contributed by atoms with E-state index in [9.17, 15) is 0 Å². The van der Waals surface area contributed by atoms with Crippen LogP contribution >= 0.6 is 15.8 Å². The van der Waals surface area contributed by atoms with Crippen molar-refractivity contribution < 1.29 is 0 Å². The summed E-state index contributed by atoms with van der Waals surface area (Å²) in [5, 5.41) is 1.81. The van der Waals surface area contributed by atoms with E-state index >= 15 is 0 Å². The maximum Gasteiger partial charge on any atom is -0.0169 e. The van der Waals surface area contributed by atoms with Crippen molar-refractivity contribution in [2.24, 2.45) is 0 Å². The Morgan fingerprint density at radius 1 is 0.700 bits per heavy atom. The fourth-order valence-corrected chi connectivity index (χ4v) is 13.7. The van der Waals surface area contributed by atoms with Gasteiger partial charge < -0.3 is 0 Å². The molecule has 2 rings (SSSR count). The van der Waals surface area contributed by atoms with Gasteiger partial charge in [0.1, 0.15) is 0 Å². The van der Waals surface area contributed by atoms with Crippen molar-refractivity contribution in [1.82, 2.24) is 0 Å². The molecule has 2 heterocycles. The Morgan fingerprint density at radius 2 is 0.950 bits per heavy atom. The molecule has 0 aromatic heterocycles. The van der Waals surface area contributed by atoms with Gasteiger partial charge in [0.25, 0.3) is 0 Å². The van der Waals surface area contributed by atoms with E-state index in [1.54, 1.807) is 0 Å². The van der Waals surface area contributed by atoms with Crippen molar-refractivity contribution in [3.63, 3.8) is 0 Å². The Hall–Kier alpha value is 0.600. The molecule has 2 heteroatoms. The summed E-state index contributed by atoms with van der Waals surface area (Å²) in [5.41, 5.74) is 4.06. The number of hydrogen-bond donors (Lipinski definition) is 0. The lowest BCUT2D eigenvalue weighted by atomic mass is 10.1. The molecule has 0 N–H and O–H groups in total. The summed E-state index contributed by atoms with van der Waals surface area (Å²) in [5.74, 6) is 0. The molecule has 0 nitrogen and oxygen atoms in total. The van der Waals surface area contributed by atoms with Gasteiger partial charge in [-0.2, -0.15) is 0 Å². The standard InChI is InChI=1S/C18H34P2/c1-6-15-10-11-16(7-2)19(15)14(5)20-17(8-3)12-13-18(20)9-4/h15-18H,5-13H2,1-4H3/t15-,16-,17-,18-/m1/s1. The van der Waals surface area contributed by atoms with Gasteiger partial charge in [0, 0.05) is 0 Å². The molecule has 0 amide bonds. The molecule has 0 aromatic carbocycles. The molecule has 2 aliphatic rings. The van der Waals surface area contributed by atoms with E-state index < -0.39 is 0 Å². The third-order valence-electron chi connectivity index (χ3n) is 5.72. The second-order valence-electron chi connectivity index (χ2n) is 6.63. The van der Waals surface area contributed by atoms with Gasteiger partial charge in [-0.15, -0.1) is 0 Å². The van der Waals surface area contributed by atoms with E-state index in [2.05, 4.69) is 27.7 Å². The number of rotatable bonds is 6. The molecule has 116 valence electrons. The second kappa shape index (κ2) is 7.74. The molecular weight excluding hydrogens is 278 g/mol. The second-order valence-corrected chi connectivity index (χ2v) is 12.6. The van der Waals surface area contributed by atoms with Gasteiger partial charge in [0.15, 0.2) is 0 Å².